The minimum atomic E-state index is 0.330. The van der Waals surface area contributed by atoms with Crippen molar-refractivity contribution in [2.45, 2.75) is 91.6 Å². The number of likely N-dealkylation sites (tertiary alicyclic amines) is 1. The van der Waals surface area contributed by atoms with Crippen molar-refractivity contribution in [2.75, 3.05) is 7.05 Å². The summed E-state index contributed by atoms with van der Waals surface area (Å²) < 4.78 is 0. The van der Waals surface area contributed by atoms with Gasteiger partial charge in [-0.1, -0.05) is 33.6 Å². The third-order valence-corrected chi connectivity index (χ3v) is 5.92. The first-order valence-electron chi connectivity index (χ1n) is 7.83. The zero-order valence-corrected chi connectivity index (χ0v) is 14.1. The van der Waals surface area contributed by atoms with Crippen LogP contribution in [0.15, 0.2) is 0 Å². The molecular formula is C17H35N. The average Bonchev–Trinajstić information content (AvgIpc) is 2.25. The summed E-state index contributed by atoms with van der Waals surface area (Å²) in [6.07, 6.45) is 6.71. The van der Waals surface area contributed by atoms with Crippen LogP contribution in [0.2, 0.25) is 0 Å². The first-order chi connectivity index (χ1) is 8.09. The van der Waals surface area contributed by atoms with Crippen molar-refractivity contribution in [2.24, 2.45) is 11.3 Å². The van der Waals surface area contributed by atoms with E-state index in [1.54, 1.807) is 0 Å². The SMILES string of the molecule is CCCC(C)(CC)C1CC(C)(C)N(C)C(C)(C)C1. The van der Waals surface area contributed by atoms with Crippen LogP contribution < -0.4 is 0 Å². The minimum Gasteiger partial charge on any atom is -0.296 e. The van der Waals surface area contributed by atoms with E-state index in [2.05, 4.69) is 60.4 Å². The molecule has 1 aliphatic rings. The summed E-state index contributed by atoms with van der Waals surface area (Å²) >= 11 is 0. The molecule has 0 aromatic heterocycles. The Morgan fingerprint density at radius 3 is 1.83 bits per heavy atom. The molecule has 1 rings (SSSR count). The van der Waals surface area contributed by atoms with Gasteiger partial charge < -0.3 is 0 Å². The lowest BCUT2D eigenvalue weighted by Crippen LogP contribution is -2.60. The normalized spacial score (nSPS) is 28.0. The molecule has 0 radical (unpaired) electrons. The van der Waals surface area contributed by atoms with Gasteiger partial charge in [-0.05, 0) is 65.3 Å². The molecular weight excluding hydrogens is 218 g/mol. The van der Waals surface area contributed by atoms with Crippen molar-refractivity contribution < 1.29 is 0 Å². The van der Waals surface area contributed by atoms with Crippen LogP contribution in [0, 0.1) is 11.3 Å². The van der Waals surface area contributed by atoms with Gasteiger partial charge in [0.2, 0.25) is 0 Å². The fraction of sp³-hybridized carbons (Fsp3) is 1.00. The molecule has 0 bridgehead atoms. The van der Waals surface area contributed by atoms with Gasteiger partial charge in [0.1, 0.15) is 0 Å². The molecule has 108 valence electrons. The minimum absolute atomic E-state index is 0.330. The molecule has 0 N–H and O–H groups in total. The predicted octanol–water partition coefficient (Wildman–Crippen LogP) is 5.10. The molecule has 1 nitrogen and oxygen atoms in total. The summed E-state index contributed by atoms with van der Waals surface area (Å²) in [6, 6.07) is 0. The van der Waals surface area contributed by atoms with Crippen LogP contribution in [0.25, 0.3) is 0 Å². The molecule has 0 aromatic rings. The highest BCUT2D eigenvalue weighted by atomic mass is 15.2. The second-order valence-corrected chi connectivity index (χ2v) is 8.05. The maximum Gasteiger partial charge on any atom is 0.0158 e. The third-order valence-electron chi connectivity index (χ3n) is 5.92. The van der Waals surface area contributed by atoms with Crippen molar-refractivity contribution in [3.63, 3.8) is 0 Å². The first kappa shape index (κ1) is 16.0. The smallest absolute Gasteiger partial charge is 0.0158 e. The molecule has 0 amide bonds. The molecule has 1 atom stereocenters. The number of nitrogens with zero attached hydrogens (tertiary/aromatic N) is 1. The summed E-state index contributed by atoms with van der Waals surface area (Å²) in [5.41, 5.74) is 1.19. The molecule has 1 unspecified atom stereocenters. The number of hydrogen-bond acceptors (Lipinski definition) is 1. The quantitative estimate of drug-likeness (QED) is 0.673. The molecule has 0 aromatic carbocycles. The molecule has 1 heterocycles. The van der Waals surface area contributed by atoms with E-state index in [0.717, 1.165) is 5.92 Å². The van der Waals surface area contributed by atoms with Gasteiger partial charge in [0.05, 0.1) is 0 Å². The number of hydrogen-bond donors (Lipinski definition) is 0. The van der Waals surface area contributed by atoms with Gasteiger partial charge >= 0.3 is 0 Å². The van der Waals surface area contributed by atoms with E-state index in [1.807, 2.05) is 0 Å². The van der Waals surface area contributed by atoms with E-state index in [0.29, 0.717) is 16.5 Å². The molecule has 1 fully saturated rings. The van der Waals surface area contributed by atoms with Crippen LogP contribution in [0.5, 0.6) is 0 Å². The number of piperidine rings is 1. The lowest BCUT2D eigenvalue weighted by atomic mass is 9.61. The molecule has 0 spiro atoms. The Kier molecular flexibility index (Phi) is 4.58. The second kappa shape index (κ2) is 5.15. The van der Waals surface area contributed by atoms with E-state index in [-0.39, 0.29) is 0 Å². The molecule has 18 heavy (non-hydrogen) atoms. The van der Waals surface area contributed by atoms with E-state index < -0.39 is 0 Å². The van der Waals surface area contributed by atoms with Crippen LogP contribution in [-0.4, -0.2) is 23.0 Å². The predicted molar refractivity (Wildman–Crippen MR) is 82.0 cm³/mol. The topological polar surface area (TPSA) is 3.24 Å². The largest absolute Gasteiger partial charge is 0.296 e. The second-order valence-electron chi connectivity index (χ2n) is 8.05. The zero-order valence-electron chi connectivity index (χ0n) is 14.1. The maximum atomic E-state index is 2.60. The summed E-state index contributed by atoms with van der Waals surface area (Å²) in [6.45, 7) is 16.9. The Labute approximate surface area is 115 Å². The monoisotopic (exact) mass is 253 g/mol. The number of rotatable bonds is 4. The van der Waals surface area contributed by atoms with Gasteiger partial charge in [-0.2, -0.15) is 0 Å². The van der Waals surface area contributed by atoms with Gasteiger partial charge in [0.15, 0.2) is 0 Å². The van der Waals surface area contributed by atoms with Crippen molar-refractivity contribution in [3.05, 3.63) is 0 Å². The first-order valence-corrected chi connectivity index (χ1v) is 7.83. The summed E-state index contributed by atoms with van der Waals surface area (Å²) in [5, 5.41) is 0. The van der Waals surface area contributed by atoms with Gasteiger partial charge in [-0.3, -0.25) is 4.90 Å². The Morgan fingerprint density at radius 1 is 1.06 bits per heavy atom. The van der Waals surface area contributed by atoms with Gasteiger partial charge in [0.25, 0.3) is 0 Å². The maximum absolute atomic E-state index is 2.60. The van der Waals surface area contributed by atoms with Crippen molar-refractivity contribution in [1.82, 2.24) is 4.90 Å². The Hall–Kier alpha value is -0.0400. The van der Waals surface area contributed by atoms with Gasteiger partial charge in [0, 0.05) is 11.1 Å². The Balaban J connectivity index is 2.98. The fourth-order valence-corrected chi connectivity index (χ4v) is 4.10. The summed E-state index contributed by atoms with van der Waals surface area (Å²) in [7, 11) is 2.30. The summed E-state index contributed by atoms with van der Waals surface area (Å²) in [4.78, 5) is 2.60. The van der Waals surface area contributed by atoms with Crippen LogP contribution >= 0.6 is 0 Å². The zero-order chi connectivity index (χ0) is 14.2. The van der Waals surface area contributed by atoms with Crippen molar-refractivity contribution >= 4 is 0 Å². The standard InChI is InChI=1S/C17H35N/c1-9-11-17(7,10-2)14-12-15(3,4)18(8)16(5,6)13-14/h14H,9-13H2,1-8H3. The van der Waals surface area contributed by atoms with E-state index >= 15 is 0 Å². The van der Waals surface area contributed by atoms with Crippen LogP contribution in [0.1, 0.15) is 80.6 Å². The lowest BCUT2D eigenvalue weighted by molar-refractivity contribution is -0.0668. The summed E-state index contributed by atoms with van der Waals surface area (Å²) in [5.74, 6) is 0.864. The van der Waals surface area contributed by atoms with E-state index in [1.165, 1.54) is 32.1 Å². The highest BCUT2D eigenvalue weighted by Crippen LogP contribution is 2.50. The molecule has 1 aliphatic heterocycles. The van der Waals surface area contributed by atoms with E-state index in [4.69, 9.17) is 0 Å². The Morgan fingerprint density at radius 2 is 1.50 bits per heavy atom. The van der Waals surface area contributed by atoms with Crippen molar-refractivity contribution in [3.8, 4) is 0 Å². The van der Waals surface area contributed by atoms with Crippen LogP contribution in [-0.2, 0) is 0 Å². The molecule has 0 aliphatic carbocycles. The van der Waals surface area contributed by atoms with Crippen LogP contribution in [0.3, 0.4) is 0 Å². The fourth-order valence-electron chi connectivity index (χ4n) is 4.10. The lowest BCUT2D eigenvalue weighted by Gasteiger charge is -2.57. The highest BCUT2D eigenvalue weighted by molar-refractivity contribution is 5.01. The third kappa shape index (κ3) is 2.92. The van der Waals surface area contributed by atoms with E-state index in [9.17, 15) is 0 Å². The van der Waals surface area contributed by atoms with Crippen LogP contribution in [0.4, 0.5) is 0 Å². The molecule has 1 saturated heterocycles. The van der Waals surface area contributed by atoms with Gasteiger partial charge in [-0.15, -0.1) is 0 Å². The van der Waals surface area contributed by atoms with Crippen molar-refractivity contribution in [1.29, 1.82) is 0 Å². The molecule has 0 saturated carbocycles. The Bertz CT molecular complexity index is 261. The molecule has 1 heteroatoms. The highest BCUT2D eigenvalue weighted by Gasteiger charge is 2.47. The average molecular weight is 253 g/mol. The van der Waals surface area contributed by atoms with Gasteiger partial charge in [-0.25, -0.2) is 0 Å².